The third-order valence-corrected chi connectivity index (χ3v) is 1.73. The first-order chi connectivity index (χ1) is 7.13. The summed E-state index contributed by atoms with van der Waals surface area (Å²) < 4.78 is 22.2. The van der Waals surface area contributed by atoms with E-state index in [1.165, 1.54) is 25.3 Å². The molecular formula is C10H12FNO3. The van der Waals surface area contributed by atoms with Crippen LogP contribution in [0, 0.1) is 5.82 Å². The Bertz CT molecular complexity index is 343. The molecule has 0 aliphatic carbocycles. The first-order valence-corrected chi connectivity index (χ1v) is 4.35. The maximum Gasteiger partial charge on any atom is 0.326 e. The predicted molar refractivity (Wildman–Crippen MR) is 51.9 cm³/mol. The average Bonchev–Trinajstić information content (AvgIpc) is 2.25. The largest absolute Gasteiger partial charge is 0.491 e. The van der Waals surface area contributed by atoms with Crippen molar-refractivity contribution in [2.24, 2.45) is 5.73 Å². The van der Waals surface area contributed by atoms with Crippen LogP contribution in [0.25, 0.3) is 0 Å². The lowest BCUT2D eigenvalue weighted by atomic mass is 10.3. The molecule has 0 saturated heterocycles. The van der Waals surface area contributed by atoms with Gasteiger partial charge in [-0.05, 0) is 12.1 Å². The fraction of sp³-hybridized carbons (Fsp3) is 0.300. The van der Waals surface area contributed by atoms with E-state index in [0.717, 1.165) is 0 Å². The summed E-state index contributed by atoms with van der Waals surface area (Å²) >= 11 is 0. The number of nitrogens with two attached hydrogens (primary N) is 1. The van der Waals surface area contributed by atoms with E-state index in [9.17, 15) is 9.18 Å². The molecule has 82 valence electrons. The van der Waals surface area contributed by atoms with Crippen molar-refractivity contribution in [2.45, 2.75) is 6.04 Å². The number of rotatable bonds is 4. The van der Waals surface area contributed by atoms with Crippen LogP contribution < -0.4 is 10.5 Å². The molecular weight excluding hydrogens is 201 g/mol. The van der Waals surface area contributed by atoms with Crippen LogP contribution in [0.2, 0.25) is 0 Å². The highest BCUT2D eigenvalue weighted by molar-refractivity contribution is 5.75. The van der Waals surface area contributed by atoms with Crippen LogP contribution in [0.3, 0.4) is 0 Å². The normalized spacial score (nSPS) is 11.9. The minimum absolute atomic E-state index is 0.0455. The van der Waals surface area contributed by atoms with Crippen molar-refractivity contribution in [3.05, 3.63) is 30.1 Å². The summed E-state index contributed by atoms with van der Waals surface area (Å²) in [5.74, 6) is -0.639. The van der Waals surface area contributed by atoms with E-state index in [0.29, 0.717) is 5.75 Å². The summed E-state index contributed by atoms with van der Waals surface area (Å²) in [6, 6.07) is 4.73. The summed E-state index contributed by atoms with van der Waals surface area (Å²) in [4.78, 5) is 10.9. The third-order valence-electron chi connectivity index (χ3n) is 1.73. The Kier molecular flexibility index (Phi) is 4.05. The molecule has 4 nitrogen and oxygen atoms in total. The lowest BCUT2D eigenvalue weighted by molar-refractivity contribution is -0.142. The minimum atomic E-state index is -0.863. The zero-order valence-electron chi connectivity index (χ0n) is 8.27. The van der Waals surface area contributed by atoms with Gasteiger partial charge in [-0.3, -0.25) is 4.79 Å². The fourth-order valence-electron chi connectivity index (χ4n) is 0.962. The monoisotopic (exact) mass is 213 g/mol. The van der Waals surface area contributed by atoms with Gasteiger partial charge in [-0.1, -0.05) is 6.07 Å². The molecule has 1 aromatic rings. The Balaban J connectivity index is 2.47. The van der Waals surface area contributed by atoms with Crippen molar-refractivity contribution in [2.75, 3.05) is 13.7 Å². The Morgan fingerprint density at radius 3 is 2.93 bits per heavy atom. The highest BCUT2D eigenvalue weighted by atomic mass is 19.1. The molecule has 0 aliphatic heterocycles. The zero-order chi connectivity index (χ0) is 11.3. The van der Waals surface area contributed by atoms with E-state index < -0.39 is 17.8 Å². The van der Waals surface area contributed by atoms with Crippen molar-refractivity contribution in [1.82, 2.24) is 0 Å². The van der Waals surface area contributed by atoms with E-state index in [1.807, 2.05) is 0 Å². The maximum atomic E-state index is 12.7. The predicted octanol–water partition coefficient (Wildman–Crippen LogP) is 0.705. The second-order valence-electron chi connectivity index (χ2n) is 2.90. The van der Waals surface area contributed by atoms with Crippen molar-refractivity contribution in [3.63, 3.8) is 0 Å². The summed E-state index contributed by atoms with van der Waals surface area (Å²) in [7, 11) is 1.24. The Hall–Kier alpha value is -1.62. The molecule has 0 aromatic heterocycles. The van der Waals surface area contributed by atoms with Crippen molar-refractivity contribution in [1.29, 1.82) is 0 Å². The Morgan fingerprint density at radius 1 is 1.60 bits per heavy atom. The summed E-state index contributed by atoms with van der Waals surface area (Å²) in [6.07, 6.45) is 0. The average molecular weight is 213 g/mol. The molecule has 15 heavy (non-hydrogen) atoms. The molecule has 0 bridgehead atoms. The van der Waals surface area contributed by atoms with E-state index in [-0.39, 0.29) is 6.61 Å². The van der Waals surface area contributed by atoms with Crippen LogP contribution in [0.15, 0.2) is 24.3 Å². The number of methoxy groups -OCH3 is 1. The van der Waals surface area contributed by atoms with Gasteiger partial charge in [-0.25, -0.2) is 4.39 Å². The van der Waals surface area contributed by atoms with Gasteiger partial charge in [0.1, 0.15) is 24.2 Å². The zero-order valence-corrected chi connectivity index (χ0v) is 8.27. The molecule has 0 amide bonds. The van der Waals surface area contributed by atoms with Crippen LogP contribution in [-0.2, 0) is 9.53 Å². The van der Waals surface area contributed by atoms with Gasteiger partial charge in [0, 0.05) is 6.07 Å². The molecule has 1 aromatic carbocycles. The number of halogens is 1. The SMILES string of the molecule is COC(=O)[C@@H](N)COc1cccc(F)c1. The number of carbonyl (C=O) groups is 1. The standard InChI is InChI=1S/C10H12FNO3/c1-14-10(13)9(12)6-15-8-4-2-3-7(11)5-8/h2-5,9H,6,12H2,1H3/t9-/m0/s1. The van der Waals surface area contributed by atoms with Crippen molar-refractivity contribution >= 4 is 5.97 Å². The quantitative estimate of drug-likeness (QED) is 0.748. The lowest BCUT2D eigenvalue weighted by Crippen LogP contribution is -2.37. The number of carbonyl (C=O) groups excluding carboxylic acids is 1. The van der Waals surface area contributed by atoms with Gasteiger partial charge in [-0.2, -0.15) is 0 Å². The molecule has 0 unspecified atom stereocenters. The molecule has 0 spiro atoms. The van der Waals surface area contributed by atoms with Gasteiger partial charge in [0.25, 0.3) is 0 Å². The summed E-state index contributed by atoms with van der Waals surface area (Å²) in [5, 5.41) is 0. The molecule has 2 N–H and O–H groups in total. The Labute approximate surface area is 86.8 Å². The van der Waals surface area contributed by atoms with E-state index in [4.69, 9.17) is 10.5 Å². The topological polar surface area (TPSA) is 61.5 Å². The fourth-order valence-corrected chi connectivity index (χ4v) is 0.962. The van der Waals surface area contributed by atoms with Gasteiger partial charge in [0.15, 0.2) is 0 Å². The van der Waals surface area contributed by atoms with Crippen LogP contribution in [0.1, 0.15) is 0 Å². The molecule has 0 radical (unpaired) electrons. The summed E-state index contributed by atoms with van der Waals surface area (Å²) in [6.45, 7) is -0.0455. The highest BCUT2D eigenvalue weighted by Gasteiger charge is 2.14. The molecule has 5 heteroatoms. The van der Waals surface area contributed by atoms with Crippen LogP contribution >= 0.6 is 0 Å². The van der Waals surface area contributed by atoms with E-state index in [1.54, 1.807) is 6.07 Å². The molecule has 1 rings (SSSR count). The number of esters is 1. The maximum absolute atomic E-state index is 12.7. The van der Waals surface area contributed by atoms with Gasteiger partial charge in [0.2, 0.25) is 0 Å². The molecule has 1 atom stereocenters. The van der Waals surface area contributed by atoms with E-state index in [2.05, 4.69) is 4.74 Å². The second kappa shape index (κ2) is 5.31. The van der Waals surface area contributed by atoms with Gasteiger partial charge in [0.05, 0.1) is 7.11 Å². The first kappa shape index (κ1) is 11.5. The lowest BCUT2D eigenvalue weighted by Gasteiger charge is -2.10. The molecule has 0 heterocycles. The number of benzene rings is 1. The van der Waals surface area contributed by atoms with Crippen LogP contribution in [0.4, 0.5) is 4.39 Å². The first-order valence-electron chi connectivity index (χ1n) is 4.35. The van der Waals surface area contributed by atoms with Gasteiger partial charge >= 0.3 is 5.97 Å². The van der Waals surface area contributed by atoms with Gasteiger partial charge in [-0.15, -0.1) is 0 Å². The van der Waals surface area contributed by atoms with Crippen LogP contribution in [-0.4, -0.2) is 25.7 Å². The van der Waals surface area contributed by atoms with Gasteiger partial charge < -0.3 is 15.2 Å². The molecule has 0 fully saturated rings. The third kappa shape index (κ3) is 3.55. The van der Waals surface area contributed by atoms with Crippen molar-refractivity contribution < 1.29 is 18.7 Å². The molecule has 0 saturated carbocycles. The number of hydrogen-bond acceptors (Lipinski definition) is 4. The Morgan fingerprint density at radius 2 is 2.33 bits per heavy atom. The van der Waals surface area contributed by atoms with E-state index >= 15 is 0 Å². The number of ether oxygens (including phenoxy) is 2. The highest BCUT2D eigenvalue weighted by Crippen LogP contribution is 2.11. The summed E-state index contributed by atoms with van der Waals surface area (Å²) in [5.41, 5.74) is 5.42. The molecule has 0 aliphatic rings. The second-order valence-corrected chi connectivity index (χ2v) is 2.90. The smallest absolute Gasteiger partial charge is 0.326 e. The van der Waals surface area contributed by atoms with Crippen molar-refractivity contribution in [3.8, 4) is 5.75 Å². The minimum Gasteiger partial charge on any atom is -0.491 e. The number of hydrogen-bond donors (Lipinski definition) is 1. The van der Waals surface area contributed by atoms with Crippen LogP contribution in [0.5, 0.6) is 5.75 Å².